The van der Waals surface area contributed by atoms with Crippen LogP contribution in [-0.2, 0) is 20.9 Å². The normalized spacial score (nSPS) is 11.5. The first-order chi connectivity index (χ1) is 9.80. The SMILES string of the molecule is COc1ccc2cc(COS(C)(=O)=O)c([N+](=O)[O-])cc2c1. The topological polar surface area (TPSA) is 95.7 Å². The Hall–Kier alpha value is -2.19. The van der Waals surface area contributed by atoms with Crippen molar-refractivity contribution in [3.8, 4) is 5.75 Å². The number of nitro benzene ring substituents is 1. The summed E-state index contributed by atoms with van der Waals surface area (Å²) in [4.78, 5) is 10.5. The molecule has 2 aromatic rings. The number of nitro groups is 1. The molecule has 0 unspecified atom stereocenters. The predicted octanol–water partition coefficient (Wildman–Crippen LogP) is 2.23. The van der Waals surface area contributed by atoms with E-state index in [0.29, 0.717) is 11.1 Å². The number of hydrogen-bond donors (Lipinski definition) is 0. The molecule has 2 aromatic carbocycles. The van der Waals surface area contributed by atoms with Crippen LogP contribution in [0.2, 0.25) is 0 Å². The molecule has 0 fully saturated rings. The molecule has 0 radical (unpaired) electrons. The quantitative estimate of drug-likeness (QED) is 0.477. The van der Waals surface area contributed by atoms with E-state index in [9.17, 15) is 18.5 Å². The third-order valence-electron chi connectivity index (χ3n) is 2.87. The summed E-state index contributed by atoms with van der Waals surface area (Å²) in [6, 6.07) is 8.04. The van der Waals surface area contributed by atoms with Crippen molar-refractivity contribution in [1.82, 2.24) is 0 Å². The van der Waals surface area contributed by atoms with Crippen molar-refractivity contribution in [2.45, 2.75) is 6.61 Å². The van der Waals surface area contributed by atoms with E-state index < -0.39 is 15.0 Å². The number of rotatable bonds is 5. The van der Waals surface area contributed by atoms with Crippen molar-refractivity contribution < 1.29 is 22.3 Å². The lowest BCUT2D eigenvalue weighted by Gasteiger charge is -2.07. The van der Waals surface area contributed by atoms with Gasteiger partial charge in [0.25, 0.3) is 15.8 Å². The molecule has 0 aromatic heterocycles. The molecule has 0 aliphatic rings. The first-order valence-electron chi connectivity index (χ1n) is 5.89. The molecular formula is C13H13NO6S. The van der Waals surface area contributed by atoms with E-state index >= 15 is 0 Å². The minimum Gasteiger partial charge on any atom is -0.497 e. The Morgan fingerprint density at radius 1 is 1.19 bits per heavy atom. The molecule has 0 spiro atoms. The number of ether oxygens (including phenoxy) is 1. The van der Waals surface area contributed by atoms with E-state index in [4.69, 9.17) is 4.74 Å². The van der Waals surface area contributed by atoms with Gasteiger partial charge in [-0.3, -0.25) is 14.3 Å². The Bertz CT molecular complexity index is 800. The molecule has 0 saturated carbocycles. The van der Waals surface area contributed by atoms with Crippen molar-refractivity contribution in [2.24, 2.45) is 0 Å². The van der Waals surface area contributed by atoms with Gasteiger partial charge in [-0.25, -0.2) is 0 Å². The number of methoxy groups -OCH3 is 1. The second-order valence-electron chi connectivity index (χ2n) is 4.42. The lowest BCUT2D eigenvalue weighted by molar-refractivity contribution is -0.385. The maximum Gasteiger partial charge on any atom is 0.275 e. The van der Waals surface area contributed by atoms with Crippen LogP contribution in [0.25, 0.3) is 10.8 Å². The van der Waals surface area contributed by atoms with E-state index in [1.165, 1.54) is 19.2 Å². The van der Waals surface area contributed by atoms with Crippen LogP contribution in [0, 0.1) is 10.1 Å². The number of benzene rings is 2. The maximum absolute atomic E-state index is 11.1. The van der Waals surface area contributed by atoms with Gasteiger partial charge in [0.15, 0.2) is 0 Å². The zero-order chi connectivity index (χ0) is 15.6. The first-order valence-corrected chi connectivity index (χ1v) is 7.71. The Morgan fingerprint density at radius 3 is 2.48 bits per heavy atom. The van der Waals surface area contributed by atoms with Crippen LogP contribution in [0.1, 0.15) is 5.56 Å². The highest BCUT2D eigenvalue weighted by Gasteiger charge is 2.17. The Kier molecular flexibility index (Phi) is 4.10. The van der Waals surface area contributed by atoms with Crippen LogP contribution in [0.4, 0.5) is 5.69 Å². The molecule has 8 heteroatoms. The largest absolute Gasteiger partial charge is 0.497 e. The average Bonchev–Trinajstić information content (AvgIpc) is 2.42. The molecular weight excluding hydrogens is 298 g/mol. The van der Waals surface area contributed by atoms with Crippen molar-refractivity contribution in [3.05, 3.63) is 46.0 Å². The standard InChI is InChI=1S/C13H13NO6S/c1-19-12-4-3-9-5-11(8-20-21(2,17)18)13(14(15)16)7-10(9)6-12/h3-7H,8H2,1-2H3. The summed E-state index contributed by atoms with van der Waals surface area (Å²) in [7, 11) is -2.17. The van der Waals surface area contributed by atoms with E-state index in [2.05, 4.69) is 4.18 Å². The van der Waals surface area contributed by atoms with Crippen LogP contribution in [-0.4, -0.2) is 26.7 Å². The van der Waals surface area contributed by atoms with Crippen molar-refractivity contribution in [1.29, 1.82) is 0 Å². The molecule has 0 aliphatic heterocycles. The summed E-state index contributed by atoms with van der Waals surface area (Å²) in [5, 5.41) is 12.5. The third kappa shape index (κ3) is 3.67. The van der Waals surface area contributed by atoms with E-state index in [-0.39, 0.29) is 17.9 Å². The van der Waals surface area contributed by atoms with E-state index in [1.54, 1.807) is 18.2 Å². The van der Waals surface area contributed by atoms with Crippen molar-refractivity contribution in [3.63, 3.8) is 0 Å². The van der Waals surface area contributed by atoms with Gasteiger partial charge in [0.05, 0.1) is 30.5 Å². The fourth-order valence-corrected chi connectivity index (χ4v) is 2.24. The summed E-state index contributed by atoms with van der Waals surface area (Å²) < 4.78 is 31.8. The Labute approximate surface area is 121 Å². The summed E-state index contributed by atoms with van der Waals surface area (Å²) in [6.45, 7) is -0.378. The van der Waals surface area contributed by atoms with Crippen molar-refractivity contribution >= 4 is 26.6 Å². The molecule has 0 heterocycles. The molecule has 0 bridgehead atoms. The van der Waals surface area contributed by atoms with E-state index in [0.717, 1.165) is 11.6 Å². The highest BCUT2D eigenvalue weighted by molar-refractivity contribution is 7.85. The minimum atomic E-state index is -3.67. The molecule has 112 valence electrons. The summed E-state index contributed by atoms with van der Waals surface area (Å²) in [6.07, 6.45) is 0.894. The second-order valence-corrected chi connectivity index (χ2v) is 6.06. The molecule has 0 saturated heterocycles. The zero-order valence-electron chi connectivity index (χ0n) is 11.4. The van der Waals surface area contributed by atoms with E-state index in [1.807, 2.05) is 0 Å². The molecule has 7 nitrogen and oxygen atoms in total. The van der Waals surface area contributed by atoms with Crippen molar-refractivity contribution in [2.75, 3.05) is 13.4 Å². The van der Waals surface area contributed by atoms with Crippen LogP contribution in [0.15, 0.2) is 30.3 Å². The molecule has 0 N–H and O–H groups in total. The van der Waals surface area contributed by atoms with Gasteiger partial charge in [-0.2, -0.15) is 8.42 Å². The Morgan fingerprint density at radius 2 is 1.90 bits per heavy atom. The monoisotopic (exact) mass is 311 g/mol. The van der Waals surface area contributed by atoms with Crippen LogP contribution >= 0.6 is 0 Å². The number of hydrogen-bond acceptors (Lipinski definition) is 6. The average molecular weight is 311 g/mol. The van der Waals surface area contributed by atoms with Gasteiger partial charge in [0.2, 0.25) is 0 Å². The third-order valence-corrected chi connectivity index (χ3v) is 3.42. The smallest absolute Gasteiger partial charge is 0.275 e. The zero-order valence-corrected chi connectivity index (χ0v) is 12.2. The highest BCUT2D eigenvalue weighted by atomic mass is 32.2. The van der Waals surface area contributed by atoms with Gasteiger partial charge < -0.3 is 4.74 Å². The second kappa shape index (κ2) is 5.66. The summed E-state index contributed by atoms with van der Waals surface area (Å²) >= 11 is 0. The van der Waals surface area contributed by atoms with Crippen LogP contribution in [0.3, 0.4) is 0 Å². The van der Waals surface area contributed by atoms with Gasteiger partial charge in [0.1, 0.15) is 5.75 Å². The Balaban J connectivity index is 2.53. The first kappa shape index (κ1) is 15.2. The highest BCUT2D eigenvalue weighted by Crippen LogP contribution is 2.29. The van der Waals surface area contributed by atoms with Crippen LogP contribution in [0.5, 0.6) is 5.75 Å². The molecule has 0 amide bonds. The molecule has 0 atom stereocenters. The van der Waals surface area contributed by atoms with Gasteiger partial charge in [-0.15, -0.1) is 0 Å². The fourth-order valence-electron chi connectivity index (χ4n) is 1.89. The summed E-state index contributed by atoms with van der Waals surface area (Å²) in [5.41, 5.74) is 0.00231. The predicted molar refractivity (Wildman–Crippen MR) is 76.8 cm³/mol. The maximum atomic E-state index is 11.1. The summed E-state index contributed by atoms with van der Waals surface area (Å²) in [5.74, 6) is 0.580. The van der Waals surface area contributed by atoms with Gasteiger partial charge >= 0.3 is 0 Å². The lowest BCUT2D eigenvalue weighted by Crippen LogP contribution is -2.05. The number of nitrogens with zero attached hydrogens (tertiary/aromatic N) is 1. The fraction of sp³-hybridized carbons (Fsp3) is 0.231. The minimum absolute atomic E-state index is 0.195. The van der Waals surface area contributed by atoms with Crippen LogP contribution < -0.4 is 4.74 Å². The molecule has 0 aliphatic carbocycles. The van der Waals surface area contributed by atoms with Gasteiger partial charge in [-0.05, 0) is 29.0 Å². The van der Waals surface area contributed by atoms with Gasteiger partial charge in [-0.1, -0.05) is 6.07 Å². The lowest BCUT2D eigenvalue weighted by atomic mass is 10.1. The number of fused-ring (bicyclic) bond motifs is 1. The molecule has 21 heavy (non-hydrogen) atoms. The molecule has 2 rings (SSSR count). The van der Waals surface area contributed by atoms with Gasteiger partial charge in [0, 0.05) is 6.07 Å².